The van der Waals surface area contributed by atoms with E-state index in [2.05, 4.69) is 52.1 Å². The predicted octanol–water partition coefficient (Wildman–Crippen LogP) is 4.79. The number of aromatic nitrogens is 2. The summed E-state index contributed by atoms with van der Waals surface area (Å²) >= 11 is 1.59. The van der Waals surface area contributed by atoms with Crippen LogP contribution in [0, 0.1) is 13.8 Å². The summed E-state index contributed by atoms with van der Waals surface area (Å²) in [5, 5.41) is 2.10. The Bertz CT molecular complexity index is 865. The minimum Gasteiger partial charge on any atom is -0.296 e. The third-order valence-corrected chi connectivity index (χ3v) is 4.89. The number of carbonyl (C=O) groups excluding carboxylic acids is 1. The molecule has 0 aliphatic heterocycles. The molecule has 3 nitrogen and oxygen atoms in total. The highest BCUT2D eigenvalue weighted by molar-refractivity contribution is 7.15. The zero-order chi connectivity index (χ0) is 16.1. The van der Waals surface area contributed by atoms with E-state index in [9.17, 15) is 4.79 Å². The molecule has 0 saturated carbocycles. The Hall–Kier alpha value is -1.94. The van der Waals surface area contributed by atoms with Crippen molar-refractivity contribution in [2.24, 2.45) is 0 Å². The standard InChI is InChI=1S/C18H20N2OS/c1-11-6-7-13(8-12(11)2)16-14(9-21)20-15(18(3,4)5)10-22-17(20)19-16/h6-10H,1-5H3. The largest absolute Gasteiger partial charge is 0.296 e. The average Bonchev–Trinajstić information content (AvgIpc) is 2.99. The van der Waals surface area contributed by atoms with Crippen LogP contribution in [0.2, 0.25) is 0 Å². The Morgan fingerprint density at radius 2 is 1.91 bits per heavy atom. The van der Waals surface area contributed by atoms with Crippen molar-refractivity contribution in [2.75, 3.05) is 0 Å². The van der Waals surface area contributed by atoms with E-state index in [1.54, 1.807) is 11.3 Å². The molecule has 4 heteroatoms. The molecule has 2 aromatic heterocycles. The third-order valence-electron chi connectivity index (χ3n) is 4.06. The maximum atomic E-state index is 11.7. The van der Waals surface area contributed by atoms with Crippen molar-refractivity contribution in [3.05, 3.63) is 46.1 Å². The molecule has 0 fully saturated rings. The van der Waals surface area contributed by atoms with E-state index in [0.29, 0.717) is 5.69 Å². The van der Waals surface area contributed by atoms with E-state index in [4.69, 9.17) is 4.98 Å². The topological polar surface area (TPSA) is 34.4 Å². The second-order valence-corrected chi connectivity index (χ2v) is 7.59. The number of aryl methyl sites for hydroxylation is 2. The first kappa shape index (κ1) is 15.0. The van der Waals surface area contributed by atoms with E-state index < -0.39 is 0 Å². The number of thiazole rings is 1. The summed E-state index contributed by atoms with van der Waals surface area (Å²) in [5.74, 6) is 0. The van der Waals surface area contributed by atoms with E-state index in [-0.39, 0.29) is 5.41 Å². The summed E-state index contributed by atoms with van der Waals surface area (Å²) in [6.45, 7) is 10.6. The highest BCUT2D eigenvalue weighted by Gasteiger charge is 2.24. The Morgan fingerprint density at radius 3 is 2.50 bits per heavy atom. The fraction of sp³-hybridized carbons (Fsp3) is 0.333. The van der Waals surface area contributed by atoms with Gasteiger partial charge in [-0.15, -0.1) is 11.3 Å². The van der Waals surface area contributed by atoms with Crippen molar-refractivity contribution in [3.8, 4) is 11.3 Å². The molecule has 0 N–H and O–H groups in total. The van der Waals surface area contributed by atoms with Crippen molar-refractivity contribution in [1.29, 1.82) is 0 Å². The summed E-state index contributed by atoms with van der Waals surface area (Å²) in [5.41, 5.74) is 5.96. The minimum absolute atomic E-state index is 0.0306. The van der Waals surface area contributed by atoms with Gasteiger partial charge in [0, 0.05) is 22.1 Å². The van der Waals surface area contributed by atoms with Gasteiger partial charge in [-0.25, -0.2) is 4.98 Å². The zero-order valence-corrected chi connectivity index (χ0v) is 14.4. The normalized spacial score (nSPS) is 12.0. The van der Waals surface area contributed by atoms with Gasteiger partial charge < -0.3 is 0 Å². The van der Waals surface area contributed by atoms with E-state index >= 15 is 0 Å². The fourth-order valence-corrected chi connectivity index (χ4v) is 3.73. The molecule has 1 aromatic carbocycles. The fourth-order valence-electron chi connectivity index (χ4n) is 2.61. The molecule has 22 heavy (non-hydrogen) atoms. The number of benzene rings is 1. The summed E-state index contributed by atoms with van der Waals surface area (Å²) < 4.78 is 2.00. The van der Waals surface area contributed by atoms with E-state index in [1.807, 2.05) is 10.5 Å². The quantitative estimate of drug-likeness (QED) is 0.638. The lowest BCUT2D eigenvalue weighted by Crippen LogP contribution is -2.15. The second kappa shape index (κ2) is 5.06. The Balaban J connectivity index is 2.29. The molecule has 0 amide bonds. The third kappa shape index (κ3) is 2.28. The van der Waals surface area contributed by atoms with Crippen LogP contribution in [0.4, 0.5) is 0 Å². The molecule has 0 aliphatic rings. The molecular weight excluding hydrogens is 292 g/mol. The number of rotatable bonds is 2. The van der Waals surface area contributed by atoms with Gasteiger partial charge in [-0.05, 0) is 31.0 Å². The van der Waals surface area contributed by atoms with Crippen molar-refractivity contribution in [1.82, 2.24) is 9.38 Å². The van der Waals surface area contributed by atoms with Crippen LogP contribution in [0.3, 0.4) is 0 Å². The first-order valence-corrected chi connectivity index (χ1v) is 8.24. The molecule has 3 aromatic rings. The molecule has 0 bridgehead atoms. The van der Waals surface area contributed by atoms with Crippen LogP contribution in [0.5, 0.6) is 0 Å². The molecule has 3 rings (SSSR count). The van der Waals surface area contributed by atoms with Gasteiger partial charge in [0.2, 0.25) is 0 Å². The van der Waals surface area contributed by atoms with Gasteiger partial charge in [0.25, 0.3) is 0 Å². The van der Waals surface area contributed by atoms with Gasteiger partial charge in [-0.3, -0.25) is 9.20 Å². The smallest absolute Gasteiger partial charge is 0.195 e. The van der Waals surface area contributed by atoms with Crippen LogP contribution in [0.25, 0.3) is 16.2 Å². The minimum atomic E-state index is -0.0306. The number of carbonyl (C=O) groups is 1. The number of aldehydes is 1. The lowest BCUT2D eigenvalue weighted by atomic mass is 9.93. The van der Waals surface area contributed by atoms with Crippen LogP contribution >= 0.6 is 11.3 Å². The van der Waals surface area contributed by atoms with Crippen LogP contribution in [-0.4, -0.2) is 15.7 Å². The van der Waals surface area contributed by atoms with Gasteiger partial charge in [0.1, 0.15) is 11.4 Å². The second-order valence-electron chi connectivity index (χ2n) is 6.75. The van der Waals surface area contributed by atoms with Gasteiger partial charge in [-0.1, -0.05) is 32.9 Å². The summed E-state index contributed by atoms with van der Waals surface area (Å²) in [4.78, 5) is 17.3. The maximum Gasteiger partial charge on any atom is 0.195 e. The SMILES string of the molecule is Cc1ccc(-c2nc3scc(C(C)(C)C)n3c2C=O)cc1C. The van der Waals surface area contributed by atoms with Crippen LogP contribution in [0.15, 0.2) is 23.6 Å². The van der Waals surface area contributed by atoms with E-state index in [0.717, 1.165) is 28.2 Å². The van der Waals surface area contributed by atoms with Gasteiger partial charge in [-0.2, -0.15) is 0 Å². The molecule has 114 valence electrons. The Labute approximate surface area is 134 Å². The molecule has 0 radical (unpaired) electrons. The lowest BCUT2D eigenvalue weighted by Gasteiger charge is -2.17. The molecule has 0 spiro atoms. The first-order valence-electron chi connectivity index (χ1n) is 7.36. The molecule has 0 atom stereocenters. The maximum absolute atomic E-state index is 11.7. The van der Waals surface area contributed by atoms with Crippen molar-refractivity contribution in [2.45, 2.75) is 40.0 Å². The van der Waals surface area contributed by atoms with Crippen molar-refractivity contribution >= 4 is 22.6 Å². The molecular formula is C18H20N2OS. The summed E-state index contributed by atoms with van der Waals surface area (Å²) in [7, 11) is 0. The Morgan fingerprint density at radius 1 is 1.18 bits per heavy atom. The average molecular weight is 312 g/mol. The predicted molar refractivity (Wildman–Crippen MR) is 92.1 cm³/mol. The van der Waals surface area contributed by atoms with Crippen LogP contribution in [-0.2, 0) is 5.41 Å². The van der Waals surface area contributed by atoms with Gasteiger partial charge in [0.15, 0.2) is 11.2 Å². The zero-order valence-electron chi connectivity index (χ0n) is 13.6. The molecule has 2 heterocycles. The van der Waals surface area contributed by atoms with Crippen molar-refractivity contribution in [3.63, 3.8) is 0 Å². The summed E-state index contributed by atoms with van der Waals surface area (Å²) in [6, 6.07) is 6.22. The number of fused-ring (bicyclic) bond motifs is 1. The number of imidazole rings is 1. The Kier molecular flexibility index (Phi) is 3.44. The number of hydrogen-bond donors (Lipinski definition) is 0. The number of nitrogens with zero attached hydrogens (tertiary/aromatic N) is 2. The van der Waals surface area contributed by atoms with Gasteiger partial charge >= 0.3 is 0 Å². The highest BCUT2D eigenvalue weighted by atomic mass is 32.1. The molecule has 0 unspecified atom stereocenters. The van der Waals surface area contributed by atoms with Gasteiger partial charge in [0.05, 0.1) is 0 Å². The first-order chi connectivity index (χ1) is 10.3. The van der Waals surface area contributed by atoms with Crippen molar-refractivity contribution < 1.29 is 4.79 Å². The van der Waals surface area contributed by atoms with E-state index in [1.165, 1.54) is 11.1 Å². The number of hydrogen-bond acceptors (Lipinski definition) is 3. The van der Waals surface area contributed by atoms with Crippen LogP contribution < -0.4 is 0 Å². The molecule has 0 saturated heterocycles. The van der Waals surface area contributed by atoms with Crippen LogP contribution in [0.1, 0.15) is 48.1 Å². The highest BCUT2D eigenvalue weighted by Crippen LogP contribution is 2.33. The summed E-state index contributed by atoms with van der Waals surface area (Å²) in [6.07, 6.45) is 0.923. The molecule has 0 aliphatic carbocycles. The monoisotopic (exact) mass is 312 g/mol. The lowest BCUT2D eigenvalue weighted by molar-refractivity contribution is 0.111.